The average molecular weight is 467 g/mol. The molecule has 0 saturated carbocycles. The van der Waals surface area contributed by atoms with Crippen LogP contribution in [0.25, 0.3) is 0 Å². The van der Waals surface area contributed by atoms with E-state index in [2.05, 4.69) is 10.1 Å². The van der Waals surface area contributed by atoms with E-state index in [0.29, 0.717) is 30.5 Å². The zero-order valence-electron chi connectivity index (χ0n) is 17.1. The van der Waals surface area contributed by atoms with E-state index in [1.165, 1.54) is 6.07 Å². The van der Waals surface area contributed by atoms with Crippen LogP contribution in [0.3, 0.4) is 0 Å². The zero-order valence-corrected chi connectivity index (χ0v) is 17.1. The van der Waals surface area contributed by atoms with E-state index in [9.17, 15) is 31.1 Å². The Morgan fingerprint density at radius 3 is 2.15 bits per heavy atom. The minimum Gasteiger partial charge on any atom is -0.482 e. The first kappa shape index (κ1) is 24.2. The van der Waals surface area contributed by atoms with Gasteiger partial charge in [0.25, 0.3) is 5.91 Å². The molecule has 0 aliphatic heterocycles. The lowest BCUT2D eigenvalue weighted by Gasteiger charge is -2.17. The molecule has 3 aromatic carbocycles. The molecule has 3 aromatic rings. The van der Waals surface area contributed by atoms with Crippen molar-refractivity contribution in [2.45, 2.75) is 25.2 Å². The predicted octanol–water partition coefficient (Wildman–Crippen LogP) is 6.68. The minimum absolute atomic E-state index is 0.201. The molecular weight excluding hydrogens is 448 g/mol. The highest BCUT2D eigenvalue weighted by Gasteiger charge is 2.33. The summed E-state index contributed by atoms with van der Waals surface area (Å²) in [4.78, 5) is 12.9. The molecule has 0 atom stereocenters. The second-order valence-corrected chi connectivity index (χ2v) is 7.21. The van der Waals surface area contributed by atoms with Crippen LogP contribution in [0.1, 0.15) is 27.0 Å². The Bertz CT molecular complexity index is 1090. The highest BCUT2D eigenvalue weighted by atomic mass is 19.4. The Balaban J connectivity index is 1.85. The standard InChI is InChI=1S/C24H19F6NO2/c25-23(26,27)15-33-21-13-12-18(24(28,29)30)14-20(21)31-22(32)19-9-5-4-8-17(19)11-10-16-6-2-1-3-7-16/h1-9,12-14H,10-11,15H2,(H,31,32). The molecule has 0 spiro atoms. The summed E-state index contributed by atoms with van der Waals surface area (Å²) in [5.74, 6) is -1.27. The molecule has 3 nitrogen and oxygen atoms in total. The molecule has 0 fully saturated rings. The van der Waals surface area contributed by atoms with Crippen molar-refractivity contribution >= 4 is 11.6 Å². The summed E-state index contributed by atoms with van der Waals surface area (Å²) in [6.07, 6.45) is -8.36. The van der Waals surface area contributed by atoms with Gasteiger partial charge in [-0.1, -0.05) is 48.5 Å². The van der Waals surface area contributed by atoms with Crippen molar-refractivity contribution in [3.63, 3.8) is 0 Å². The number of anilines is 1. The van der Waals surface area contributed by atoms with E-state index >= 15 is 0 Å². The van der Waals surface area contributed by atoms with Gasteiger partial charge in [0.2, 0.25) is 0 Å². The van der Waals surface area contributed by atoms with Crippen molar-refractivity contribution in [3.8, 4) is 5.75 Å². The summed E-state index contributed by atoms with van der Waals surface area (Å²) in [6.45, 7) is -1.71. The zero-order chi connectivity index (χ0) is 24.1. The van der Waals surface area contributed by atoms with Crippen molar-refractivity contribution in [1.29, 1.82) is 0 Å². The van der Waals surface area contributed by atoms with Crippen LogP contribution < -0.4 is 10.1 Å². The van der Waals surface area contributed by atoms with Gasteiger partial charge in [-0.2, -0.15) is 26.3 Å². The van der Waals surface area contributed by atoms with Crippen LogP contribution in [0.2, 0.25) is 0 Å². The average Bonchev–Trinajstić information content (AvgIpc) is 2.76. The smallest absolute Gasteiger partial charge is 0.422 e. The predicted molar refractivity (Wildman–Crippen MR) is 111 cm³/mol. The molecule has 3 rings (SSSR count). The van der Waals surface area contributed by atoms with Gasteiger partial charge in [-0.15, -0.1) is 0 Å². The SMILES string of the molecule is O=C(Nc1cc(C(F)(F)F)ccc1OCC(F)(F)F)c1ccccc1CCc1ccccc1. The van der Waals surface area contributed by atoms with Gasteiger partial charge in [0, 0.05) is 5.56 Å². The molecule has 174 valence electrons. The number of alkyl halides is 6. The van der Waals surface area contributed by atoms with Gasteiger partial charge in [0.1, 0.15) is 5.75 Å². The molecular formula is C24H19F6NO2. The maximum atomic E-state index is 13.1. The summed E-state index contributed by atoms with van der Waals surface area (Å²) in [7, 11) is 0. The molecule has 0 aliphatic carbocycles. The first-order chi connectivity index (χ1) is 15.5. The fraction of sp³-hybridized carbons (Fsp3) is 0.208. The van der Waals surface area contributed by atoms with Crippen LogP contribution in [0, 0.1) is 0 Å². The number of aryl methyl sites for hydroxylation is 2. The van der Waals surface area contributed by atoms with E-state index in [0.717, 1.165) is 11.6 Å². The van der Waals surface area contributed by atoms with Crippen molar-refractivity contribution in [1.82, 2.24) is 0 Å². The minimum atomic E-state index is -4.75. The second-order valence-electron chi connectivity index (χ2n) is 7.21. The van der Waals surface area contributed by atoms with Crippen LogP contribution in [0.15, 0.2) is 72.8 Å². The molecule has 0 heterocycles. The Hall–Kier alpha value is -3.49. The Morgan fingerprint density at radius 1 is 0.818 bits per heavy atom. The van der Waals surface area contributed by atoms with Gasteiger partial charge in [0.15, 0.2) is 6.61 Å². The lowest BCUT2D eigenvalue weighted by Crippen LogP contribution is -2.21. The quantitative estimate of drug-likeness (QED) is 0.394. The molecule has 33 heavy (non-hydrogen) atoms. The number of halogens is 6. The first-order valence-corrected chi connectivity index (χ1v) is 9.87. The molecule has 0 aromatic heterocycles. The summed E-state index contributed by atoms with van der Waals surface area (Å²) < 4.78 is 81.7. The summed E-state index contributed by atoms with van der Waals surface area (Å²) in [5, 5.41) is 2.28. The summed E-state index contributed by atoms with van der Waals surface area (Å²) >= 11 is 0. The van der Waals surface area contributed by atoms with Crippen LogP contribution in [-0.2, 0) is 19.0 Å². The molecule has 0 aliphatic rings. The Labute approximate surface area is 186 Å². The van der Waals surface area contributed by atoms with E-state index in [4.69, 9.17) is 0 Å². The van der Waals surface area contributed by atoms with Gasteiger partial charge in [-0.3, -0.25) is 4.79 Å². The largest absolute Gasteiger partial charge is 0.482 e. The van der Waals surface area contributed by atoms with Crippen molar-refractivity contribution in [2.75, 3.05) is 11.9 Å². The van der Waals surface area contributed by atoms with Crippen LogP contribution in [0.4, 0.5) is 32.0 Å². The number of ether oxygens (including phenoxy) is 1. The van der Waals surface area contributed by atoms with Crippen LogP contribution in [0.5, 0.6) is 5.75 Å². The number of carbonyl (C=O) groups excluding carboxylic acids is 1. The monoisotopic (exact) mass is 467 g/mol. The van der Waals surface area contributed by atoms with Crippen LogP contribution in [-0.4, -0.2) is 18.7 Å². The number of hydrogen-bond donors (Lipinski definition) is 1. The molecule has 0 saturated heterocycles. The number of carbonyl (C=O) groups is 1. The lowest BCUT2D eigenvalue weighted by molar-refractivity contribution is -0.153. The third-order valence-electron chi connectivity index (χ3n) is 4.73. The molecule has 0 bridgehead atoms. The first-order valence-electron chi connectivity index (χ1n) is 9.87. The van der Waals surface area contributed by atoms with Crippen molar-refractivity contribution < 1.29 is 35.9 Å². The third kappa shape index (κ3) is 7.00. The van der Waals surface area contributed by atoms with E-state index in [1.54, 1.807) is 18.2 Å². The summed E-state index contributed by atoms with van der Waals surface area (Å²) in [5.41, 5.74) is 0.246. The van der Waals surface area contributed by atoms with E-state index < -0.39 is 41.9 Å². The Morgan fingerprint density at radius 2 is 1.48 bits per heavy atom. The van der Waals surface area contributed by atoms with Gasteiger partial charge in [0.05, 0.1) is 11.3 Å². The maximum Gasteiger partial charge on any atom is 0.422 e. The molecule has 9 heteroatoms. The highest BCUT2D eigenvalue weighted by molar-refractivity contribution is 6.06. The van der Waals surface area contributed by atoms with E-state index in [-0.39, 0.29) is 5.56 Å². The molecule has 1 amide bonds. The van der Waals surface area contributed by atoms with Crippen LogP contribution >= 0.6 is 0 Å². The number of benzene rings is 3. The number of amides is 1. The fourth-order valence-corrected chi connectivity index (χ4v) is 3.16. The van der Waals surface area contributed by atoms with Gasteiger partial charge in [-0.25, -0.2) is 0 Å². The normalized spacial score (nSPS) is 11.8. The van der Waals surface area contributed by atoms with Gasteiger partial charge in [-0.05, 0) is 48.2 Å². The van der Waals surface area contributed by atoms with Crippen molar-refractivity contribution in [2.24, 2.45) is 0 Å². The summed E-state index contributed by atoms with van der Waals surface area (Å²) in [6, 6.07) is 17.9. The highest BCUT2D eigenvalue weighted by Crippen LogP contribution is 2.36. The second kappa shape index (κ2) is 9.97. The Kier molecular flexibility index (Phi) is 7.30. The van der Waals surface area contributed by atoms with Gasteiger partial charge < -0.3 is 10.1 Å². The lowest BCUT2D eigenvalue weighted by atomic mass is 9.99. The van der Waals surface area contributed by atoms with Crippen molar-refractivity contribution in [3.05, 3.63) is 95.1 Å². The van der Waals surface area contributed by atoms with E-state index in [1.807, 2.05) is 30.3 Å². The maximum absolute atomic E-state index is 13.1. The molecule has 0 unspecified atom stereocenters. The number of rotatable bonds is 7. The number of nitrogens with one attached hydrogen (secondary N) is 1. The molecule has 0 radical (unpaired) electrons. The third-order valence-corrected chi connectivity index (χ3v) is 4.73. The fourth-order valence-electron chi connectivity index (χ4n) is 3.16. The number of hydrogen-bond acceptors (Lipinski definition) is 2. The topological polar surface area (TPSA) is 38.3 Å². The van der Waals surface area contributed by atoms with Gasteiger partial charge >= 0.3 is 12.4 Å². The molecule has 1 N–H and O–H groups in total.